The van der Waals surface area contributed by atoms with Crippen LogP contribution in [-0.2, 0) is 31.2 Å². The highest BCUT2D eigenvalue weighted by Gasteiger charge is 2.42. The number of ether oxygens (including phenoxy) is 1. The number of nitrogens with two attached hydrogens (primary N) is 1. The van der Waals surface area contributed by atoms with E-state index in [2.05, 4.69) is 30.8 Å². The molecule has 2 N–H and O–H groups in total. The van der Waals surface area contributed by atoms with Gasteiger partial charge in [-0.15, -0.1) is 0 Å². The van der Waals surface area contributed by atoms with Gasteiger partial charge in [0.2, 0.25) is 0 Å². The third kappa shape index (κ3) is 6.42. The fourth-order valence-electron chi connectivity index (χ4n) is 3.99. The molecule has 0 fully saturated rings. The lowest BCUT2D eigenvalue weighted by Crippen LogP contribution is -2.41. The number of carbonyl (C=O) groups excluding carboxylic acids is 2. The molecule has 5 nitrogen and oxygen atoms in total. The molecule has 5 heteroatoms. The van der Waals surface area contributed by atoms with Crippen molar-refractivity contribution in [3.05, 3.63) is 71.8 Å². The normalized spacial score (nSPS) is 14.9. The van der Waals surface area contributed by atoms with Gasteiger partial charge in [-0.25, -0.2) is 0 Å². The molecule has 0 heterocycles. The fourth-order valence-corrected chi connectivity index (χ4v) is 3.99. The summed E-state index contributed by atoms with van der Waals surface area (Å²) in [4.78, 5) is 28.2. The van der Waals surface area contributed by atoms with Gasteiger partial charge in [0.25, 0.3) is 0 Å². The van der Waals surface area contributed by atoms with Crippen LogP contribution in [0.2, 0.25) is 0 Å². The molecule has 30 heavy (non-hydrogen) atoms. The molecule has 0 saturated carbocycles. The van der Waals surface area contributed by atoms with Crippen molar-refractivity contribution >= 4 is 11.9 Å². The van der Waals surface area contributed by atoms with Gasteiger partial charge in [0.15, 0.2) is 0 Å². The Kier molecular flexibility index (Phi) is 9.06. The van der Waals surface area contributed by atoms with Crippen molar-refractivity contribution < 1.29 is 19.2 Å². The van der Waals surface area contributed by atoms with Crippen LogP contribution in [0.15, 0.2) is 60.7 Å². The molecular formula is C25H33NO4. The molecule has 0 amide bonds. The highest BCUT2D eigenvalue weighted by molar-refractivity contribution is 5.70. The lowest BCUT2D eigenvalue weighted by Gasteiger charge is -2.40. The molecule has 0 bridgehead atoms. The summed E-state index contributed by atoms with van der Waals surface area (Å²) < 4.78 is 6.24. The van der Waals surface area contributed by atoms with Gasteiger partial charge >= 0.3 is 11.9 Å². The highest BCUT2D eigenvalue weighted by atomic mass is 16.7. The third-order valence-electron chi connectivity index (χ3n) is 5.68. The van der Waals surface area contributed by atoms with E-state index in [4.69, 9.17) is 10.6 Å². The average Bonchev–Trinajstić information content (AvgIpc) is 2.77. The van der Waals surface area contributed by atoms with Crippen molar-refractivity contribution in [3.8, 4) is 0 Å². The Bertz CT molecular complexity index is 793. The number of rotatable bonds is 11. The van der Waals surface area contributed by atoms with Gasteiger partial charge in [-0.1, -0.05) is 81.4 Å². The minimum atomic E-state index is -0.793. The predicted octanol–water partition coefficient (Wildman–Crippen LogP) is 4.94. The number of esters is 1. The molecular weight excluding hydrogens is 378 g/mol. The highest BCUT2D eigenvalue weighted by Crippen LogP contribution is 2.41. The van der Waals surface area contributed by atoms with Gasteiger partial charge in [-0.2, -0.15) is 5.90 Å². The van der Waals surface area contributed by atoms with E-state index in [-0.39, 0.29) is 24.2 Å². The van der Waals surface area contributed by atoms with Crippen LogP contribution in [0, 0.1) is 11.8 Å². The zero-order chi connectivity index (χ0) is 22.0. The summed E-state index contributed by atoms with van der Waals surface area (Å²) in [5, 5.41) is 0. The van der Waals surface area contributed by atoms with Crippen LogP contribution >= 0.6 is 0 Å². The molecule has 2 aromatic carbocycles. The first kappa shape index (κ1) is 23.6. The Morgan fingerprint density at radius 2 is 1.57 bits per heavy atom. The summed E-state index contributed by atoms with van der Waals surface area (Å²) in [5.41, 5.74) is 1.30. The fraction of sp³-hybridized carbons (Fsp3) is 0.440. The largest absolute Gasteiger partial charge is 0.454 e. The van der Waals surface area contributed by atoms with Gasteiger partial charge in [0.05, 0.1) is 0 Å². The van der Waals surface area contributed by atoms with Crippen molar-refractivity contribution in [1.29, 1.82) is 0 Å². The molecule has 0 radical (unpaired) electrons. The van der Waals surface area contributed by atoms with Crippen LogP contribution in [0.5, 0.6) is 0 Å². The van der Waals surface area contributed by atoms with Crippen LogP contribution in [0.3, 0.4) is 0 Å². The number of benzene rings is 2. The number of hydrogen-bond donors (Lipinski definition) is 1. The maximum absolute atomic E-state index is 12.5. The van der Waals surface area contributed by atoms with Crippen LogP contribution in [0.1, 0.15) is 57.6 Å². The van der Waals surface area contributed by atoms with Crippen molar-refractivity contribution in [2.75, 3.05) is 0 Å². The molecule has 0 aliphatic heterocycles. The van der Waals surface area contributed by atoms with Gasteiger partial charge in [0, 0.05) is 25.2 Å². The van der Waals surface area contributed by atoms with Crippen LogP contribution in [0.4, 0.5) is 0 Å². The first-order valence-electron chi connectivity index (χ1n) is 10.6. The van der Waals surface area contributed by atoms with Gasteiger partial charge in [0.1, 0.15) is 5.60 Å². The first-order chi connectivity index (χ1) is 14.4. The van der Waals surface area contributed by atoms with E-state index in [9.17, 15) is 9.59 Å². The van der Waals surface area contributed by atoms with Gasteiger partial charge in [-0.3, -0.25) is 9.59 Å². The summed E-state index contributed by atoms with van der Waals surface area (Å²) in [5.74, 6) is 4.58. The van der Waals surface area contributed by atoms with Crippen LogP contribution < -0.4 is 5.90 Å². The third-order valence-corrected chi connectivity index (χ3v) is 5.68. The van der Waals surface area contributed by atoms with E-state index in [0.717, 1.165) is 17.5 Å². The standard InChI is InChI=1S/C25H33NO4/c1-4-23(27)29-25(22-13-9-6-10-14-22,18-21-11-7-5-8-12-21)20(3)17-19(2)15-16-24(28)30-26/h5-14,19-20H,4,15-18,26H2,1-3H3. The van der Waals surface area contributed by atoms with E-state index in [0.29, 0.717) is 19.3 Å². The molecule has 162 valence electrons. The van der Waals surface area contributed by atoms with Crippen LogP contribution in [0.25, 0.3) is 0 Å². The Balaban J connectivity index is 2.38. The topological polar surface area (TPSA) is 78.6 Å². The molecule has 2 aromatic rings. The summed E-state index contributed by atoms with van der Waals surface area (Å²) in [6.07, 6.45) is 2.63. The Morgan fingerprint density at radius 1 is 0.967 bits per heavy atom. The Morgan fingerprint density at radius 3 is 2.13 bits per heavy atom. The number of carbonyl (C=O) groups is 2. The number of hydrogen-bond acceptors (Lipinski definition) is 5. The second kappa shape index (κ2) is 11.5. The van der Waals surface area contributed by atoms with Crippen molar-refractivity contribution in [2.45, 2.75) is 58.5 Å². The molecule has 0 saturated heterocycles. The lowest BCUT2D eigenvalue weighted by atomic mass is 9.73. The van der Waals surface area contributed by atoms with E-state index < -0.39 is 11.6 Å². The summed E-state index contributed by atoms with van der Waals surface area (Å²) in [6, 6.07) is 20.1. The van der Waals surface area contributed by atoms with E-state index in [1.165, 1.54) is 0 Å². The van der Waals surface area contributed by atoms with E-state index in [1.807, 2.05) is 55.5 Å². The maximum Gasteiger partial charge on any atom is 0.324 e. The summed E-state index contributed by atoms with van der Waals surface area (Å²) in [6.45, 7) is 6.03. The zero-order valence-corrected chi connectivity index (χ0v) is 18.2. The van der Waals surface area contributed by atoms with E-state index >= 15 is 0 Å². The molecule has 0 aromatic heterocycles. The molecule has 3 unspecified atom stereocenters. The minimum absolute atomic E-state index is 0.0273. The summed E-state index contributed by atoms with van der Waals surface area (Å²) >= 11 is 0. The van der Waals surface area contributed by atoms with Gasteiger partial charge in [-0.05, 0) is 29.9 Å². The predicted molar refractivity (Wildman–Crippen MR) is 117 cm³/mol. The second-order valence-corrected chi connectivity index (χ2v) is 8.02. The lowest BCUT2D eigenvalue weighted by molar-refractivity contribution is -0.168. The maximum atomic E-state index is 12.5. The van der Waals surface area contributed by atoms with Crippen molar-refractivity contribution in [1.82, 2.24) is 0 Å². The average molecular weight is 412 g/mol. The minimum Gasteiger partial charge on any atom is -0.454 e. The van der Waals surface area contributed by atoms with E-state index in [1.54, 1.807) is 0 Å². The quantitative estimate of drug-likeness (QED) is 0.419. The van der Waals surface area contributed by atoms with Crippen LogP contribution in [-0.4, -0.2) is 11.9 Å². The van der Waals surface area contributed by atoms with Crippen molar-refractivity contribution in [3.63, 3.8) is 0 Å². The van der Waals surface area contributed by atoms with Gasteiger partial charge < -0.3 is 9.57 Å². The first-order valence-corrected chi connectivity index (χ1v) is 10.6. The summed E-state index contributed by atoms with van der Waals surface area (Å²) in [7, 11) is 0. The molecule has 3 atom stereocenters. The second-order valence-electron chi connectivity index (χ2n) is 8.02. The SMILES string of the molecule is CCC(=O)OC(Cc1ccccc1)(c1ccccc1)C(C)CC(C)CCC(=O)ON. The zero-order valence-electron chi connectivity index (χ0n) is 18.2. The van der Waals surface area contributed by atoms with Crippen molar-refractivity contribution in [2.24, 2.45) is 17.7 Å². The monoisotopic (exact) mass is 411 g/mol. The molecule has 0 spiro atoms. The Hall–Kier alpha value is -2.66. The Labute approximate surface area is 179 Å². The molecule has 0 aliphatic rings. The molecule has 2 rings (SSSR count). The molecule has 0 aliphatic carbocycles. The smallest absolute Gasteiger partial charge is 0.324 e.